The molecular formula is C26H32N6O2. The molecule has 178 valence electrons. The molecule has 8 nitrogen and oxygen atoms in total. The fourth-order valence-electron chi connectivity index (χ4n) is 4.84. The highest BCUT2D eigenvalue weighted by Crippen LogP contribution is 2.26. The van der Waals surface area contributed by atoms with Crippen LogP contribution in [-0.2, 0) is 31.0 Å². The van der Waals surface area contributed by atoms with E-state index in [0.717, 1.165) is 56.0 Å². The Balaban J connectivity index is 1.32. The van der Waals surface area contributed by atoms with Crippen LogP contribution in [0.3, 0.4) is 0 Å². The summed E-state index contributed by atoms with van der Waals surface area (Å²) in [7, 11) is 0. The first kappa shape index (κ1) is 22.6. The van der Waals surface area contributed by atoms with E-state index in [2.05, 4.69) is 67.9 Å². The van der Waals surface area contributed by atoms with Crippen molar-refractivity contribution in [1.29, 1.82) is 0 Å². The highest BCUT2D eigenvalue weighted by Gasteiger charge is 2.26. The number of para-hydroxylation sites is 1. The van der Waals surface area contributed by atoms with Crippen LogP contribution in [0.25, 0.3) is 0 Å². The van der Waals surface area contributed by atoms with E-state index >= 15 is 0 Å². The second kappa shape index (κ2) is 10.8. The minimum Gasteiger partial charge on any atom is -0.491 e. The van der Waals surface area contributed by atoms with Gasteiger partial charge in [-0.3, -0.25) is 14.6 Å². The number of hydrogen-bond acceptors (Lipinski definition) is 6. The average Bonchev–Trinajstić information content (AvgIpc) is 3.29. The number of amides is 1. The average molecular weight is 461 g/mol. The molecule has 1 fully saturated rings. The van der Waals surface area contributed by atoms with Gasteiger partial charge in [-0.15, -0.1) is 5.10 Å². The molecule has 0 spiro atoms. The number of fused-ring (bicyclic) bond motifs is 3. The van der Waals surface area contributed by atoms with Gasteiger partial charge in [-0.2, -0.15) is 0 Å². The van der Waals surface area contributed by atoms with Crippen molar-refractivity contribution in [2.45, 2.75) is 45.1 Å². The van der Waals surface area contributed by atoms with E-state index in [0.29, 0.717) is 25.7 Å². The summed E-state index contributed by atoms with van der Waals surface area (Å²) in [5.74, 6) is 0.789. The molecule has 1 N–H and O–H groups in total. The molecule has 2 aliphatic heterocycles. The van der Waals surface area contributed by atoms with Crippen molar-refractivity contribution in [3.63, 3.8) is 0 Å². The smallest absolute Gasteiger partial charge is 0.241 e. The van der Waals surface area contributed by atoms with Gasteiger partial charge in [0, 0.05) is 31.2 Å². The summed E-state index contributed by atoms with van der Waals surface area (Å²) in [5.41, 5.74) is 3.41. The summed E-state index contributed by atoms with van der Waals surface area (Å²) in [6.45, 7) is 5.68. The predicted molar refractivity (Wildman–Crippen MR) is 129 cm³/mol. The minimum absolute atomic E-state index is 0.0898. The molecule has 5 rings (SSSR count). The molecule has 0 saturated carbocycles. The number of hydrogen-bond donors (Lipinski definition) is 1. The Morgan fingerprint density at radius 3 is 2.62 bits per heavy atom. The van der Waals surface area contributed by atoms with E-state index in [9.17, 15) is 4.79 Å². The van der Waals surface area contributed by atoms with Crippen molar-refractivity contribution in [1.82, 2.24) is 30.1 Å². The number of ether oxygens (including phenoxy) is 1. The normalized spacial score (nSPS) is 19.0. The van der Waals surface area contributed by atoms with Crippen molar-refractivity contribution < 1.29 is 9.53 Å². The summed E-state index contributed by atoms with van der Waals surface area (Å²) in [5, 5.41) is 11.4. The molecular weight excluding hydrogens is 428 g/mol. The van der Waals surface area contributed by atoms with Crippen LogP contribution < -0.4 is 10.1 Å². The molecule has 3 aromatic rings. The van der Waals surface area contributed by atoms with Crippen LogP contribution in [0.1, 0.15) is 29.7 Å². The first-order valence-corrected chi connectivity index (χ1v) is 12.1. The molecule has 0 aliphatic carbocycles. The number of carbonyl (C=O) groups is 1. The highest BCUT2D eigenvalue weighted by molar-refractivity contribution is 5.75. The first-order chi connectivity index (χ1) is 16.7. The number of nitrogens with one attached hydrogen (secondary N) is 1. The number of benzene rings is 2. The van der Waals surface area contributed by atoms with Crippen LogP contribution in [0.2, 0.25) is 0 Å². The van der Waals surface area contributed by atoms with Crippen molar-refractivity contribution in [2.24, 2.45) is 0 Å². The van der Waals surface area contributed by atoms with Crippen LogP contribution in [0.15, 0.2) is 60.8 Å². The van der Waals surface area contributed by atoms with E-state index in [1.165, 1.54) is 5.56 Å². The Morgan fingerprint density at radius 2 is 1.76 bits per heavy atom. The van der Waals surface area contributed by atoms with E-state index in [1.54, 1.807) is 4.68 Å². The molecule has 0 atom stereocenters. The number of aromatic nitrogens is 3. The van der Waals surface area contributed by atoms with E-state index in [4.69, 9.17) is 4.74 Å². The zero-order chi connectivity index (χ0) is 23.2. The predicted octanol–water partition coefficient (Wildman–Crippen LogP) is 2.45. The number of rotatable bonds is 3. The van der Waals surface area contributed by atoms with Crippen LogP contribution in [0.5, 0.6) is 5.75 Å². The molecule has 0 radical (unpaired) electrons. The fraction of sp³-hybridized carbons (Fsp3) is 0.423. The highest BCUT2D eigenvalue weighted by atomic mass is 16.5. The fourth-order valence-corrected chi connectivity index (χ4v) is 4.84. The Labute approximate surface area is 200 Å². The number of nitrogens with zero attached hydrogens (tertiary/aromatic N) is 5. The second-order valence-corrected chi connectivity index (χ2v) is 9.11. The summed E-state index contributed by atoms with van der Waals surface area (Å²) in [6, 6.07) is 19.3. The standard InChI is InChI=1S/C26H32N6O2/c33-26-20-32-19-23(28-29-32)18-31(17-22-8-4-5-9-25(22)34-15-12-27-26)24-10-13-30(14-11-24)16-21-6-2-1-3-7-21/h1-9,19,24H,10-18,20H2,(H,27,33). The molecule has 1 aromatic heterocycles. The van der Waals surface area contributed by atoms with Gasteiger partial charge in [0.05, 0.1) is 18.4 Å². The summed E-state index contributed by atoms with van der Waals surface area (Å²) >= 11 is 0. The molecule has 1 saturated heterocycles. The first-order valence-electron chi connectivity index (χ1n) is 12.1. The van der Waals surface area contributed by atoms with Gasteiger partial charge in [0.2, 0.25) is 5.91 Å². The molecule has 2 aliphatic rings. The van der Waals surface area contributed by atoms with Gasteiger partial charge < -0.3 is 10.1 Å². The largest absolute Gasteiger partial charge is 0.491 e. The van der Waals surface area contributed by atoms with Gasteiger partial charge in [-0.05, 0) is 37.6 Å². The zero-order valence-electron chi connectivity index (χ0n) is 19.5. The Hall–Kier alpha value is -3.23. The molecule has 3 heterocycles. The van der Waals surface area contributed by atoms with Gasteiger partial charge in [0.25, 0.3) is 0 Å². The lowest BCUT2D eigenvalue weighted by Gasteiger charge is -2.38. The van der Waals surface area contributed by atoms with Crippen LogP contribution in [0, 0.1) is 0 Å². The summed E-state index contributed by atoms with van der Waals surface area (Å²) in [6.07, 6.45) is 4.10. The molecule has 0 unspecified atom stereocenters. The minimum atomic E-state index is -0.0898. The number of carbonyl (C=O) groups excluding carboxylic acids is 1. The quantitative estimate of drug-likeness (QED) is 0.647. The Kier molecular flexibility index (Phi) is 7.16. The Bertz CT molecular complexity index is 1080. The van der Waals surface area contributed by atoms with Gasteiger partial charge in [0.15, 0.2) is 0 Å². The van der Waals surface area contributed by atoms with Gasteiger partial charge in [-0.1, -0.05) is 53.7 Å². The van der Waals surface area contributed by atoms with Crippen LogP contribution >= 0.6 is 0 Å². The van der Waals surface area contributed by atoms with Gasteiger partial charge >= 0.3 is 0 Å². The monoisotopic (exact) mass is 460 g/mol. The molecule has 2 aromatic carbocycles. The molecule has 34 heavy (non-hydrogen) atoms. The molecule has 1 amide bonds. The van der Waals surface area contributed by atoms with Crippen LogP contribution in [-0.4, -0.2) is 63.0 Å². The third-order valence-corrected chi connectivity index (χ3v) is 6.61. The third kappa shape index (κ3) is 5.81. The maximum absolute atomic E-state index is 12.2. The van der Waals surface area contributed by atoms with Crippen molar-refractivity contribution in [3.8, 4) is 5.75 Å². The Morgan fingerprint density at radius 1 is 0.971 bits per heavy atom. The SMILES string of the molecule is O=C1Cn2cc(nn2)CN(C2CCN(Cc3ccccc3)CC2)Cc2ccccc2OCCN1. The third-order valence-electron chi connectivity index (χ3n) is 6.61. The maximum atomic E-state index is 12.2. The number of piperidine rings is 1. The topological polar surface area (TPSA) is 75.5 Å². The molecule has 2 bridgehead atoms. The van der Waals surface area contributed by atoms with Crippen molar-refractivity contribution in [2.75, 3.05) is 26.2 Å². The van der Waals surface area contributed by atoms with Gasteiger partial charge in [-0.25, -0.2) is 4.68 Å². The van der Waals surface area contributed by atoms with Crippen molar-refractivity contribution >= 4 is 5.91 Å². The van der Waals surface area contributed by atoms with E-state index < -0.39 is 0 Å². The molecule has 8 heteroatoms. The summed E-state index contributed by atoms with van der Waals surface area (Å²) in [4.78, 5) is 17.3. The summed E-state index contributed by atoms with van der Waals surface area (Å²) < 4.78 is 7.66. The lowest BCUT2D eigenvalue weighted by Crippen LogP contribution is -2.44. The zero-order valence-corrected chi connectivity index (χ0v) is 19.5. The lowest BCUT2D eigenvalue weighted by atomic mass is 10.0. The maximum Gasteiger partial charge on any atom is 0.241 e. The lowest BCUT2D eigenvalue weighted by molar-refractivity contribution is -0.121. The van der Waals surface area contributed by atoms with Crippen molar-refractivity contribution in [3.05, 3.63) is 77.6 Å². The second-order valence-electron chi connectivity index (χ2n) is 9.11. The van der Waals surface area contributed by atoms with Crippen LogP contribution in [0.4, 0.5) is 0 Å². The number of likely N-dealkylation sites (tertiary alicyclic amines) is 1. The van der Waals surface area contributed by atoms with Gasteiger partial charge in [0.1, 0.15) is 18.9 Å². The van der Waals surface area contributed by atoms with E-state index in [-0.39, 0.29) is 12.5 Å². The van der Waals surface area contributed by atoms with E-state index in [1.807, 2.05) is 18.3 Å².